The van der Waals surface area contributed by atoms with E-state index < -0.39 is 29.7 Å². The van der Waals surface area contributed by atoms with Crippen molar-refractivity contribution in [3.05, 3.63) is 59.4 Å². The molecule has 12 heteroatoms. The van der Waals surface area contributed by atoms with Crippen molar-refractivity contribution >= 4 is 35.0 Å². The molecule has 1 aromatic carbocycles. The van der Waals surface area contributed by atoms with E-state index in [0.29, 0.717) is 17.9 Å². The first-order valence-corrected chi connectivity index (χ1v) is 15.1. The predicted molar refractivity (Wildman–Crippen MR) is 157 cm³/mol. The van der Waals surface area contributed by atoms with Gasteiger partial charge in [0.25, 0.3) is 11.8 Å². The second kappa shape index (κ2) is 11.2. The number of anilines is 1. The van der Waals surface area contributed by atoms with Gasteiger partial charge in [0.15, 0.2) is 0 Å². The molecule has 2 saturated heterocycles. The summed E-state index contributed by atoms with van der Waals surface area (Å²) >= 11 is 0. The summed E-state index contributed by atoms with van der Waals surface area (Å²) in [5, 5.41) is 10.3. The van der Waals surface area contributed by atoms with Crippen LogP contribution in [0.1, 0.15) is 64.9 Å². The van der Waals surface area contributed by atoms with Crippen LogP contribution in [0, 0.1) is 11.8 Å². The Kier molecular flexibility index (Phi) is 7.18. The van der Waals surface area contributed by atoms with Crippen molar-refractivity contribution in [2.24, 2.45) is 16.8 Å². The molecule has 2 aromatic rings. The lowest BCUT2D eigenvalue weighted by Crippen LogP contribution is -2.54. The maximum absolute atomic E-state index is 13.1. The fourth-order valence-corrected chi connectivity index (χ4v) is 6.67. The third-order valence-electron chi connectivity index (χ3n) is 9.24. The van der Waals surface area contributed by atoms with Gasteiger partial charge in [-0.2, -0.15) is 5.10 Å². The SMILES string of the molecule is CC1C=CC(c2cnn([C@H]3C[C@H](CNc4ccc5c(c4)C(=O)N(C4CCC(=O)NC4=O)C5=O)C3)c2)=NC1N1CCOCC1. The Labute approximate surface area is 249 Å². The van der Waals surface area contributed by atoms with E-state index in [1.54, 1.807) is 18.2 Å². The summed E-state index contributed by atoms with van der Waals surface area (Å²) in [6, 6.07) is 4.46. The Bertz CT molecular complexity index is 1530. The number of dihydropyridines is 1. The number of imide groups is 2. The molecule has 3 unspecified atom stereocenters. The molecular formula is C31H35N7O5. The van der Waals surface area contributed by atoms with Crippen LogP contribution in [0.25, 0.3) is 0 Å². The molecule has 3 atom stereocenters. The van der Waals surface area contributed by atoms with Crippen LogP contribution in [-0.4, -0.2) is 94.0 Å². The number of nitrogens with one attached hydrogen (secondary N) is 2. The highest BCUT2D eigenvalue weighted by Crippen LogP contribution is 2.38. The second-order valence-corrected chi connectivity index (χ2v) is 12.1. The summed E-state index contributed by atoms with van der Waals surface area (Å²) in [7, 11) is 0. The fraction of sp³-hybridized carbons (Fsp3) is 0.484. The van der Waals surface area contributed by atoms with Gasteiger partial charge in [-0.3, -0.25) is 44.0 Å². The molecule has 2 N–H and O–H groups in total. The number of carbonyl (C=O) groups excluding carboxylic acids is 4. The first-order chi connectivity index (χ1) is 20.9. The molecule has 3 fully saturated rings. The third-order valence-corrected chi connectivity index (χ3v) is 9.24. The Hall–Kier alpha value is -4.16. The van der Waals surface area contributed by atoms with E-state index in [1.165, 1.54) is 0 Å². The molecule has 5 aliphatic rings. The maximum atomic E-state index is 13.1. The molecule has 5 heterocycles. The predicted octanol–water partition coefficient (Wildman–Crippen LogP) is 2.00. The number of benzene rings is 1. The van der Waals surface area contributed by atoms with Gasteiger partial charge in [0.1, 0.15) is 12.2 Å². The number of amides is 4. The van der Waals surface area contributed by atoms with Crippen LogP contribution < -0.4 is 10.6 Å². The number of aromatic nitrogens is 2. The number of piperidine rings is 1. The van der Waals surface area contributed by atoms with Crippen molar-refractivity contribution in [3.8, 4) is 0 Å². The van der Waals surface area contributed by atoms with E-state index in [1.807, 2.05) is 10.9 Å². The van der Waals surface area contributed by atoms with Crippen molar-refractivity contribution in [1.29, 1.82) is 0 Å². The van der Waals surface area contributed by atoms with E-state index in [4.69, 9.17) is 9.73 Å². The van der Waals surface area contributed by atoms with Crippen LogP contribution in [-0.2, 0) is 14.3 Å². The average Bonchev–Trinajstić information content (AvgIpc) is 3.56. The van der Waals surface area contributed by atoms with E-state index in [0.717, 1.165) is 67.6 Å². The lowest BCUT2D eigenvalue weighted by atomic mass is 9.80. The minimum absolute atomic E-state index is 0.0965. The van der Waals surface area contributed by atoms with Gasteiger partial charge < -0.3 is 10.1 Å². The van der Waals surface area contributed by atoms with Gasteiger partial charge >= 0.3 is 0 Å². The van der Waals surface area contributed by atoms with E-state index >= 15 is 0 Å². The second-order valence-electron chi connectivity index (χ2n) is 12.1. The average molecular weight is 586 g/mol. The first-order valence-electron chi connectivity index (χ1n) is 15.1. The summed E-state index contributed by atoms with van der Waals surface area (Å²) in [6.07, 6.45) is 10.7. The fourth-order valence-electron chi connectivity index (χ4n) is 6.67. The van der Waals surface area contributed by atoms with Crippen LogP contribution in [0.3, 0.4) is 0 Å². The lowest BCUT2D eigenvalue weighted by molar-refractivity contribution is -0.136. The molecule has 12 nitrogen and oxygen atoms in total. The summed E-state index contributed by atoms with van der Waals surface area (Å²) in [5.41, 5.74) is 3.31. The zero-order valence-electron chi connectivity index (χ0n) is 24.1. The minimum Gasteiger partial charge on any atom is -0.385 e. The Morgan fingerprint density at radius 2 is 1.86 bits per heavy atom. The van der Waals surface area contributed by atoms with Crippen LogP contribution in [0.5, 0.6) is 0 Å². The van der Waals surface area contributed by atoms with Gasteiger partial charge in [0.2, 0.25) is 11.8 Å². The minimum atomic E-state index is -0.966. The van der Waals surface area contributed by atoms with Crippen molar-refractivity contribution in [2.75, 3.05) is 38.2 Å². The van der Waals surface area contributed by atoms with E-state index in [9.17, 15) is 19.2 Å². The van der Waals surface area contributed by atoms with Gasteiger partial charge in [0, 0.05) is 49.4 Å². The largest absolute Gasteiger partial charge is 0.385 e. The van der Waals surface area contributed by atoms with Crippen LogP contribution in [0.4, 0.5) is 5.69 Å². The molecule has 4 aliphatic heterocycles. The third kappa shape index (κ3) is 5.18. The highest BCUT2D eigenvalue weighted by molar-refractivity contribution is 6.23. The number of rotatable bonds is 7. The van der Waals surface area contributed by atoms with Gasteiger partial charge in [-0.05, 0) is 49.5 Å². The Morgan fingerprint density at radius 1 is 1.07 bits per heavy atom. The number of morpholine rings is 1. The normalized spacial score (nSPS) is 29.3. The maximum Gasteiger partial charge on any atom is 0.262 e. The quantitative estimate of drug-likeness (QED) is 0.471. The smallest absolute Gasteiger partial charge is 0.262 e. The first kappa shape index (κ1) is 27.7. The number of hydrogen-bond donors (Lipinski definition) is 2. The monoisotopic (exact) mass is 585 g/mol. The molecule has 0 radical (unpaired) electrons. The molecule has 0 spiro atoms. The zero-order valence-corrected chi connectivity index (χ0v) is 24.1. The highest BCUT2D eigenvalue weighted by atomic mass is 16.5. The summed E-state index contributed by atoms with van der Waals surface area (Å²) in [6.45, 7) is 6.24. The summed E-state index contributed by atoms with van der Waals surface area (Å²) < 4.78 is 7.57. The molecular weight excluding hydrogens is 550 g/mol. The van der Waals surface area contributed by atoms with Gasteiger partial charge in [0.05, 0.1) is 42.3 Å². The van der Waals surface area contributed by atoms with E-state index in [-0.39, 0.29) is 30.1 Å². The molecule has 0 bridgehead atoms. The highest BCUT2D eigenvalue weighted by Gasteiger charge is 2.44. The number of fused-ring (bicyclic) bond motifs is 1. The van der Waals surface area contributed by atoms with Crippen LogP contribution >= 0.6 is 0 Å². The summed E-state index contributed by atoms with van der Waals surface area (Å²) in [5.74, 6) is -1.20. The Morgan fingerprint density at radius 3 is 2.65 bits per heavy atom. The van der Waals surface area contributed by atoms with Gasteiger partial charge in [-0.1, -0.05) is 13.0 Å². The topological polar surface area (TPSA) is 138 Å². The molecule has 7 rings (SSSR count). The van der Waals surface area contributed by atoms with Gasteiger partial charge in [-0.25, -0.2) is 0 Å². The number of carbonyl (C=O) groups is 4. The molecule has 1 aliphatic carbocycles. The van der Waals surface area contributed by atoms with Crippen molar-refractivity contribution < 1.29 is 23.9 Å². The number of aliphatic imine (C=N–C) groups is 1. The van der Waals surface area contributed by atoms with E-state index in [2.05, 4.69) is 45.9 Å². The molecule has 224 valence electrons. The molecule has 4 amide bonds. The van der Waals surface area contributed by atoms with Crippen molar-refractivity contribution in [1.82, 2.24) is 24.9 Å². The van der Waals surface area contributed by atoms with Crippen molar-refractivity contribution in [3.63, 3.8) is 0 Å². The molecule has 43 heavy (non-hydrogen) atoms. The van der Waals surface area contributed by atoms with Crippen LogP contribution in [0.15, 0.2) is 47.7 Å². The van der Waals surface area contributed by atoms with Crippen LogP contribution in [0.2, 0.25) is 0 Å². The Balaban J connectivity index is 0.938. The number of ether oxygens (including phenoxy) is 1. The number of hydrogen-bond acceptors (Lipinski definition) is 9. The number of nitrogens with zero attached hydrogens (tertiary/aromatic N) is 5. The molecule has 1 saturated carbocycles. The standard InChI is InChI=1S/C31H35N7O5/c1-18-2-5-25(34-28(18)36-8-10-43-11-9-36)20-16-33-37(17-20)22-12-19(13-22)15-32-21-3-4-23-24(14-21)31(42)38(30(23)41)26-6-7-27(39)35-29(26)40/h2-5,14,16-19,22,26,28,32H,6-13,15H2,1H3,(H,35,39,40)/t18?,19-,22-,26?,28?. The summed E-state index contributed by atoms with van der Waals surface area (Å²) in [4.78, 5) is 58.3. The van der Waals surface area contributed by atoms with Crippen molar-refractivity contribution in [2.45, 2.75) is 50.9 Å². The van der Waals surface area contributed by atoms with Gasteiger partial charge in [-0.15, -0.1) is 0 Å². The molecule has 1 aromatic heterocycles. The lowest BCUT2D eigenvalue weighted by Gasteiger charge is -2.36. The zero-order chi connectivity index (χ0) is 29.7. The number of allylic oxidation sites excluding steroid dienone is 1.